The molecule has 1 aromatic carbocycles. The number of rotatable bonds is 5. The Kier molecular flexibility index (Phi) is 4.74. The number of carbonyl (C=O) groups is 1. The van der Waals surface area contributed by atoms with Crippen LogP contribution in [0.1, 0.15) is 32.9 Å². The minimum atomic E-state index is 0.0382. The van der Waals surface area contributed by atoms with Crippen molar-refractivity contribution in [2.45, 2.75) is 26.9 Å². The van der Waals surface area contributed by atoms with E-state index < -0.39 is 0 Å². The lowest BCUT2D eigenvalue weighted by Crippen LogP contribution is -2.26. The highest BCUT2D eigenvalue weighted by Crippen LogP contribution is 2.19. The highest BCUT2D eigenvalue weighted by atomic mass is 16.2. The van der Waals surface area contributed by atoms with E-state index in [1.165, 1.54) is 5.56 Å². The number of amides is 1. The monoisotopic (exact) mass is 336 g/mol. The highest BCUT2D eigenvalue weighted by Gasteiger charge is 2.19. The Morgan fingerprint density at radius 3 is 2.52 bits per heavy atom. The number of benzene rings is 1. The molecule has 0 aliphatic heterocycles. The van der Waals surface area contributed by atoms with Gasteiger partial charge in [-0.25, -0.2) is 0 Å². The van der Waals surface area contributed by atoms with Crippen LogP contribution in [-0.2, 0) is 20.1 Å². The fourth-order valence-electron chi connectivity index (χ4n) is 3.13. The van der Waals surface area contributed by atoms with Crippen molar-refractivity contribution < 1.29 is 4.79 Å². The molecule has 5 nitrogen and oxygen atoms in total. The van der Waals surface area contributed by atoms with E-state index in [9.17, 15) is 4.79 Å². The summed E-state index contributed by atoms with van der Waals surface area (Å²) in [6.07, 6.45) is 3.73. The van der Waals surface area contributed by atoms with Crippen LogP contribution in [-0.4, -0.2) is 32.2 Å². The smallest absolute Gasteiger partial charge is 0.255 e. The van der Waals surface area contributed by atoms with Crippen molar-refractivity contribution in [3.63, 3.8) is 0 Å². The van der Waals surface area contributed by atoms with Gasteiger partial charge in [0.2, 0.25) is 0 Å². The Morgan fingerprint density at radius 2 is 1.88 bits per heavy atom. The van der Waals surface area contributed by atoms with Gasteiger partial charge in [0.15, 0.2) is 0 Å². The maximum Gasteiger partial charge on any atom is 0.255 e. The molecule has 0 radical (unpaired) electrons. The molecule has 0 unspecified atom stereocenters. The number of aromatic nitrogens is 3. The van der Waals surface area contributed by atoms with Crippen molar-refractivity contribution in [3.8, 4) is 0 Å². The molecule has 130 valence electrons. The van der Waals surface area contributed by atoms with Crippen LogP contribution in [0.15, 0.2) is 48.8 Å². The summed E-state index contributed by atoms with van der Waals surface area (Å²) >= 11 is 0. The standard InChI is InChI=1S/C20H24N4O/c1-15-10-19(16(2)24(15)14-17-8-6-5-7-9-17)20(25)22(3)12-18-11-21-23(4)13-18/h5-11,13H,12,14H2,1-4H3. The summed E-state index contributed by atoms with van der Waals surface area (Å²) in [5.41, 5.74) is 5.12. The Morgan fingerprint density at radius 1 is 1.16 bits per heavy atom. The van der Waals surface area contributed by atoms with E-state index in [4.69, 9.17) is 0 Å². The number of carbonyl (C=O) groups excluding carboxylic acids is 1. The average Bonchev–Trinajstić information content (AvgIpc) is 3.13. The van der Waals surface area contributed by atoms with Crippen molar-refractivity contribution in [1.82, 2.24) is 19.2 Å². The summed E-state index contributed by atoms with van der Waals surface area (Å²) < 4.78 is 3.94. The van der Waals surface area contributed by atoms with E-state index in [1.807, 2.05) is 58.4 Å². The van der Waals surface area contributed by atoms with Gasteiger partial charge in [-0.1, -0.05) is 30.3 Å². The van der Waals surface area contributed by atoms with Crippen LogP contribution in [0.5, 0.6) is 0 Å². The van der Waals surface area contributed by atoms with Crippen LogP contribution >= 0.6 is 0 Å². The quantitative estimate of drug-likeness (QED) is 0.718. The lowest BCUT2D eigenvalue weighted by Gasteiger charge is -2.16. The zero-order chi connectivity index (χ0) is 18.0. The zero-order valence-corrected chi connectivity index (χ0v) is 15.2. The minimum Gasteiger partial charge on any atom is -0.344 e. The molecule has 3 rings (SSSR count). The molecule has 0 fully saturated rings. The fourth-order valence-corrected chi connectivity index (χ4v) is 3.13. The van der Waals surface area contributed by atoms with Crippen LogP contribution < -0.4 is 0 Å². The van der Waals surface area contributed by atoms with E-state index >= 15 is 0 Å². The molecule has 25 heavy (non-hydrogen) atoms. The highest BCUT2D eigenvalue weighted by molar-refractivity contribution is 5.95. The first-order valence-electron chi connectivity index (χ1n) is 8.39. The molecule has 0 spiro atoms. The van der Waals surface area contributed by atoms with Crippen molar-refractivity contribution in [2.24, 2.45) is 7.05 Å². The Hall–Kier alpha value is -2.82. The summed E-state index contributed by atoms with van der Waals surface area (Å²) in [5.74, 6) is 0.0382. The Labute approximate surface area is 148 Å². The van der Waals surface area contributed by atoms with Gasteiger partial charge in [-0.2, -0.15) is 5.10 Å². The lowest BCUT2D eigenvalue weighted by molar-refractivity contribution is 0.0784. The third-order valence-electron chi connectivity index (χ3n) is 4.51. The third-order valence-corrected chi connectivity index (χ3v) is 4.51. The van der Waals surface area contributed by atoms with Gasteiger partial charge < -0.3 is 9.47 Å². The molecule has 5 heteroatoms. The van der Waals surface area contributed by atoms with Gasteiger partial charge in [0, 0.05) is 50.3 Å². The van der Waals surface area contributed by atoms with E-state index in [0.717, 1.165) is 29.1 Å². The maximum atomic E-state index is 12.9. The Bertz CT molecular complexity index is 876. The second kappa shape index (κ2) is 6.97. The molecule has 2 heterocycles. The molecule has 0 N–H and O–H groups in total. The number of hydrogen-bond acceptors (Lipinski definition) is 2. The Balaban J connectivity index is 1.80. The van der Waals surface area contributed by atoms with E-state index in [1.54, 1.807) is 15.8 Å². The number of nitrogens with zero attached hydrogens (tertiary/aromatic N) is 4. The molecule has 0 aliphatic carbocycles. The third kappa shape index (κ3) is 3.65. The molecule has 3 aromatic rings. The van der Waals surface area contributed by atoms with Crippen molar-refractivity contribution >= 4 is 5.91 Å². The van der Waals surface area contributed by atoms with Gasteiger partial charge >= 0.3 is 0 Å². The number of aryl methyl sites for hydroxylation is 2. The normalized spacial score (nSPS) is 10.9. The molecular formula is C20H24N4O. The van der Waals surface area contributed by atoms with E-state index in [-0.39, 0.29) is 5.91 Å². The van der Waals surface area contributed by atoms with Crippen LogP contribution in [0.25, 0.3) is 0 Å². The fraction of sp³-hybridized carbons (Fsp3) is 0.300. The summed E-state index contributed by atoms with van der Waals surface area (Å²) in [6, 6.07) is 12.3. The summed E-state index contributed by atoms with van der Waals surface area (Å²) in [5, 5.41) is 4.16. The molecule has 0 saturated heterocycles. The van der Waals surface area contributed by atoms with Gasteiger partial charge in [-0.15, -0.1) is 0 Å². The predicted molar refractivity (Wildman–Crippen MR) is 98.5 cm³/mol. The minimum absolute atomic E-state index is 0.0382. The molecule has 2 aromatic heterocycles. The SMILES string of the molecule is Cc1cc(C(=O)N(C)Cc2cnn(C)c2)c(C)n1Cc1ccccc1. The average molecular weight is 336 g/mol. The van der Waals surface area contributed by atoms with Crippen LogP contribution in [0.2, 0.25) is 0 Å². The van der Waals surface area contributed by atoms with Crippen LogP contribution in [0.3, 0.4) is 0 Å². The zero-order valence-electron chi connectivity index (χ0n) is 15.2. The number of hydrogen-bond donors (Lipinski definition) is 0. The molecule has 1 amide bonds. The first kappa shape index (κ1) is 17.0. The molecule has 0 saturated carbocycles. The van der Waals surface area contributed by atoms with Gasteiger partial charge in [0.1, 0.15) is 0 Å². The van der Waals surface area contributed by atoms with Crippen molar-refractivity contribution in [2.75, 3.05) is 7.05 Å². The van der Waals surface area contributed by atoms with Crippen LogP contribution in [0, 0.1) is 13.8 Å². The largest absolute Gasteiger partial charge is 0.344 e. The molecule has 0 aliphatic rings. The lowest BCUT2D eigenvalue weighted by atomic mass is 10.2. The van der Waals surface area contributed by atoms with Gasteiger partial charge in [0.05, 0.1) is 11.8 Å². The molecule has 0 atom stereocenters. The second-order valence-corrected chi connectivity index (χ2v) is 6.54. The first-order valence-corrected chi connectivity index (χ1v) is 8.39. The van der Waals surface area contributed by atoms with E-state index in [2.05, 4.69) is 21.8 Å². The topological polar surface area (TPSA) is 43.1 Å². The van der Waals surface area contributed by atoms with Crippen LogP contribution in [0.4, 0.5) is 0 Å². The van der Waals surface area contributed by atoms with Gasteiger partial charge in [0.25, 0.3) is 5.91 Å². The maximum absolute atomic E-state index is 12.9. The molecular weight excluding hydrogens is 312 g/mol. The predicted octanol–water partition coefficient (Wildman–Crippen LogP) is 3.16. The van der Waals surface area contributed by atoms with Crippen molar-refractivity contribution in [1.29, 1.82) is 0 Å². The van der Waals surface area contributed by atoms with Crippen molar-refractivity contribution in [3.05, 3.63) is 76.9 Å². The molecule has 0 bridgehead atoms. The van der Waals surface area contributed by atoms with Gasteiger partial charge in [-0.3, -0.25) is 9.48 Å². The van der Waals surface area contributed by atoms with Gasteiger partial charge in [-0.05, 0) is 25.5 Å². The first-order chi connectivity index (χ1) is 12.0. The second-order valence-electron chi connectivity index (χ2n) is 6.54. The summed E-state index contributed by atoms with van der Waals surface area (Å²) in [6.45, 7) is 5.39. The summed E-state index contributed by atoms with van der Waals surface area (Å²) in [4.78, 5) is 14.6. The van der Waals surface area contributed by atoms with E-state index in [0.29, 0.717) is 6.54 Å². The summed E-state index contributed by atoms with van der Waals surface area (Å²) in [7, 11) is 3.71.